The lowest BCUT2D eigenvalue weighted by Gasteiger charge is -2.21. The van der Waals surface area contributed by atoms with Crippen LogP contribution in [0, 0.1) is 23.7 Å². The summed E-state index contributed by atoms with van der Waals surface area (Å²) >= 11 is 0. The zero-order valence-electron chi connectivity index (χ0n) is 59.5. The van der Waals surface area contributed by atoms with Crippen LogP contribution in [0.1, 0.15) is 357 Å². The van der Waals surface area contributed by atoms with Crippen LogP contribution in [0.3, 0.4) is 0 Å². The summed E-state index contributed by atoms with van der Waals surface area (Å²) in [5.74, 6) is 0.844. The predicted molar refractivity (Wildman–Crippen MR) is 367 cm³/mol. The van der Waals surface area contributed by atoms with E-state index in [1.165, 1.54) is 161 Å². The number of carbonyl (C=O) groups is 4. The summed E-state index contributed by atoms with van der Waals surface area (Å²) in [7, 11) is -9.90. The van der Waals surface area contributed by atoms with Gasteiger partial charge in [-0.05, 0) is 49.4 Å². The van der Waals surface area contributed by atoms with Gasteiger partial charge in [-0.25, -0.2) is 9.13 Å². The molecule has 0 amide bonds. The lowest BCUT2D eigenvalue weighted by atomic mass is 10.0. The second kappa shape index (κ2) is 61.6. The molecule has 17 nitrogen and oxygen atoms in total. The molecule has 5 atom stereocenters. The van der Waals surface area contributed by atoms with Crippen molar-refractivity contribution in [2.75, 3.05) is 39.6 Å². The Balaban J connectivity index is 5.21. The SMILES string of the molecule is CC(C)CCCCCCCCCCCCCCCCC(=O)OC[C@H](COP(=O)(O)OCC(O)COP(=O)(O)OC[C@@H](COC(=O)CCCCCCCCCCC(C)C)OC(=O)CCCCCCCCCCCCC(C)C)OC(=O)CCCCCCCCCC(C)C. The van der Waals surface area contributed by atoms with Gasteiger partial charge >= 0.3 is 39.5 Å². The lowest BCUT2D eigenvalue weighted by Crippen LogP contribution is -2.30. The molecule has 0 aromatic carbocycles. The van der Waals surface area contributed by atoms with E-state index in [4.69, 9.17) is 37.0 Å². The smallest absolute Gasteiger partial charge is 0.462 e. The lowest BCUT2D eigenvalue weighted by molar-refractivity contribution is -0.161. The molecular formula is C72H140O17P2. The number of unbranched alkanes of at least 4 members (excludes halogenated alkanes) is 35. The van der Waals surface area contributed by atoms with Gasteiger partial charge in [0.05, 0.1) is 26.4 Å². The van der Waals surface area contributed by atoms with Crippen LogP contribution in [0.4, 0.5) is 0 Å². The fraction of sp³-hybridized carbons (Fsp3) is 0.944. The first kappa shape index (κ1) is 89.1. The number of aliphatic hydroxyl groups excluding tert-OH is 1. The highest BCUT2D eigenvalue weighted by atomic mass is 31.2. The molecule has 0 heterocycles. The average molecular weight is 1340 g/mol. The summed E-state index contributed by atoms with van der Waals surface area (Å²) in [5.41, 5.74) is 0. The van der Waals surface area contributed by atoms with E-state index < -0.39 is 97.5 Å². The van der Waals surface area contributed by atoms with Crippen molar-refractivity contribution in [2.24, 2.45) is 23.7 Å². The van der Waals surface area contributed by atoms with Crippen LogP contribution in [0.25, 0.3) is 0 Å². The second-order valence-corrected chi connectivity index (χ2v) is 30.8. The Morgan fingerprint density at radius 3 is 0.681 bits per heavy atom. The first-order chi connectivity index (χ1) is 43.6. The number of rotatable bonds is 69. The van der Waals surface area contributed by atoms with Gasteiger partial charge in [0.1, 0.15) is 19.3 Å². The summed E-state index contributed by atoms with van der Waals surface area (Å²) in [6.45, 7) is 14.1. The normalized spacial score (nSPS) is 14.2. The van der Waals surface area contributed by atoms with E-state index in [9.17, 15) is 43.2 Å². The van der Waals surface area contributed by atoms with Gasteiger partial charge in [-0.2, -0.15) is 0 Å². The van der Waals surface area contributed by atoms with Crippen LogP contribution in [0.2, 0.25) is 0 Å². The summed E-state index contributed by atoms with van der Waals surface area (Å²) in [6.07, 6.45) is 44.6. The molecule has 0 fully saturated rings. The molecule has 19 heteroatoms. The van der Waals surface area contributed by atoms with Crippen LogP contribution in [-0.4, -0.2) is 96.7 Å². The van der Waals surface area contributed by atoms with Crippen molar-refractivity contribution in [3.8, 4) is 0 Å². The number of phosphoric acid groups is 2. The number of carbonyl (C=O) groups excluding carboxylic acids is 4. The molecule has 0 aliphatic rings. The molecule has 3 N–H and O–H groups in total. The van der Waals surface area contributed by atoms with Crippen molar-refractivity contribution >= 4 is 39.5 Å². The maximum atomic E-state index is 13.0. The van der Waals surface area contributed by atoms with Gasteiger partial charge in [0.25, 0.3) is 0 Å². The topological polar surface area (TPSA) is 237 Å². The molecule has 0 bridgehead atoms. The molecule has 91 heavy (non-hydrogen) atoms. The Morgan fingerprint density at radius 1 is 0.275 bits per heavy atom. The van der Waals surface area contributed by atoms with Gasteiger partial charge in [0, 0.05) is 25.7 Å². The Morgan fingerprint density at radius 2 is 0.462 bits per heavy atom. The van der Waals surface area contributed by atoms with Crippen molar-refractivity contribution in [1.82, 2.24) is 0 Å². The van der Waals surface area contributed by atoms with E-state index in [1.54, 1.807) is 0 Å². The van der Waals surface area contributed by atoms with Crippen molar-refractivity contribution in [3.63, 3.8) is 0 Å². The summed E-state index contributed by atoms with van der Waals surface area (Å²) in [4.78, 5) is 72.6. The van der Waals surface area contributed by atoms with Gasteiger partial charge in [-0.3, -0.25) is 37.3 Å². The average Bonchev–Trinajstić information content (AvgIpc) is 3.50. The molecule has 0 saturated heterocycles. The first-order valence-electron chi connectivity index (χ1n) is 37.2. The van der Waals surface area contributed by atoms with E-state index in [1.807, 2.05) is 0 Å². The third-order valence-corrected chi connectivity index (χ3v) is 18.5. The minimum atomic E-state index is -4.95. The van der Waals surface area contributed by atoms with Gasteiger partial charge in [-0.15, -0.1) is 0 Å². The van der Waals surface area contributed by atoms with Crippen LogP contribution in [0.15, 0.2) is 0 Å². The van der Waals surface area contributed by atoms with Gasteiger partial charge in [0.2, 0.25) is 0 Å². The van der Waals surface area contributed by atoms with E-state index >= 15 is 0 Å². The summed E-state index contributed by atoms with van der Waals surface area (Å²) in [6, 6.07) is 0. The summed E-state index contributed by atoms with van der Waals surface area (Å²) < 4.78 is 68.3. The quantitative estimate of drug-likeness (QED) is 0.0222. The maximum Gasteiger partial charge on any atom is 0.472 e. The Kier molecular flexibility index (Phi) is 60.3. The minimum Gasteiger partial charge on any atom is -0.462 e. The fourth-order valence-electron chi connectivity index (χ4n) is 10.8. The molecule has 0 radical (unpaired) electrons. The van der Waals surface area contributed by atoms with Gasteiger partial charge in [0.15, 0.2) is 12.2 Å². The number of phosphoric ester groups is 2. The predicted octanol–water partition coefficient (Wildman–Crippen LogP) is 20.5. The number of ether oxygens (including phenoxy) is 4. The molecular weight excluding hydrogens is 1200 g/mol. The molecule has 3 unspecified atom stereocenters. The maximum absolute atomic E-state index is 13.0. The Hall–Kier alpha value is -1.94. The molecule has 0 aromatic heterocycles. The Labute approximate surface area is 556 Å². The molecule has 0 rings (SSSR count). The monoisotopic (exact) mass is 1340 g/mol. The third kappa shape index (κ3) is 66.5. The van der Waals surface area contributed by atoms with Crippen LogP contribution in [-0.2, 0) is 65.4 Å². The van der Waals surface area contributed by atoms with Crippen molar-refractivity contribution < 1.29 is 80.2 Å². The Bertz CT molecular complexity index is 1800. The highest BCUT2D eigenvalue weighted by molar-refractivity contribution is 7.47. The van der Waals surface area contributed by atoms with E-state index in [0.717, 1.165) is 108 Å². The highest BCUT2D eigenvalue weighted by Gasteiger charge is 2.30. The molecule has 0 aliphatic heterocycles. The first-order valence-corrected chi connectivity index (χ1v) is 40.2. The largest absolute Gasteiger partial charge is 0.472 e. The highest BCUT2D eigenvalue weighted by Crippen LogP contribution is 2.45. The van der Waals surface area contributed by atoms with Crippen molar-refractivity contribution in [3.05, 3.63) is 0 Å². The number of hydrogen-bond acceptors (Lipinski definition) is 15. The van der Waals surface area contributed by atoms with E-state index in [0.29, 0.717) is 31.6 Å². The van der Waals surface area contributed by atoms with Crippen LogP contribution >= 0.6 is 15.6 Å². The van der Waals surface area contributed by atoms with Crippen molar-refractivity contribution in [2.45, 2.75) is 375 Å². The molecule has 0 saturated carbocycles. The number of esters is 4. The fourth-order valence-corrected chi connectivity index (χ4v) is 12.4. The zero-order valence-corrected chi connectivity index (χ0v) is 61.3. The molecule has 0 spiro atoms. The van der Waals surface area contributed by atoms with E-state index in [-0.39, 0.29) is 25.7 Å². The standard InChI is InChI=1S/C72H140O17P2/c1-62(2)48-40-32-24-17-13-11-9-10-12-14-19-28-36-44-52-69(74)82-59-68(89-72(77)55-47-39-31-23-27-35-43-51-65(7)8)61-87-91(80,81)85-57-66(73)56-84-90(78,79)86-60-67(58-83-70(75)53-45-37-29-22-21-26-34-42-50-64(5)6)88-71(76)54-46-38-30-20-16-15-18-25-33-41-49-63(3)4/h62-68,73H,9-61H2,1-8H3,(H,78,79)(H,80,81)/t66?,67-,68-/m1/s1. The van der Waals surface area contributed by atoms with Crippen molar-refractivity contribution in [1.29, 1.82) is 0 Å². The molecule has 540 valence electrons. The van der Waals surface area contributed by atoms with Gasteiger partial charge in [-0.1, -0.05) is 306 Å². The summed E-state index contributed by atoms with van der Waals surface area (Å²) in [5, 5.41) is 10.6. The third-order valence-electron chi connectivity index (χ3n) is 16.6. The number of aliphatic hydroxyl groups is 1. The second-order valence-electron chi connectivity index (χ2n) is 27.9. The van der Waals surface area contributed by atoms with E-state index in [2.05, 4.69) is 55.4 Å². The van der Waals surface area contributed by atoms with Crippen LogP contribution in [0.5, 0.6) is 0 Å². The number of hydrogen-bond donors (Lipinski definition) is 3. The minimum absolute atomic E-state index is 0.103. The zero-order chi connectivity index (χ0) is 67.5. The molecule has 0 aromatic rings. The van der Waals surface area contributed by atoms with Crippen LogP contribution < -0.4 is 0 Å². The molecule has 0 aliphatic carbocycles. The van der Waals surface area contributed by atoms with Gasteiger partial charge < -0.3 is 33.8 Å².